The first-order valence-electron chi connectivity index (χ1n) is 13.9. The number of carbonyl (C=O) groups excluding carboxylic acids is 3. The fourth-order valence-electron chi connectivity index (χ4n) is 5.41. The molecular weight excluding hydrogens is 582 g/mol. The van der Waals surface area contributed by atoms with E-state index in [1.165, 1.54) is 13.8 Å². The number of rotatable bonds is 10. The molecule has 0 saturated carbocycles. The third-order valence-electron chi connectivity index (χ3n) is 7.55. The number of amides is 3. The molecule has 3 aliphatic heterocycles. The second-order valence-electron chi connectivity index (χ2n) is 10.9. The zero-order valence-electron chi connectivity index (χ0n) is 24.2. The third kappa shape index (κ3) is 8.35. The number of carbonyl (C=O) groups is 3. The van der Waals surface area contributed by atoms with E-state index >= 15 is 0 Å². The van der Waals surface area contributed by atoms with Crippen LogP contribution >= 0.6 is 0 Å². The molecule has 10 N–H and O–H groups in total. The van der Waals surface area contributed by atoms with E-state index in [4.69, 9.17) is 23.7 Å². The average Bonchev–Trinajstić information content (AvgIpc) is 2.93. The van der Waals surface area contributed by atoms with Gasteiger partial charge in [0.25, 0.3) is 0 Å². The number of hydrogen-bond donors (Lipinski definition) is 10. The molecule has 7 unspecified atom stereocenters. The van der Waals surface area contributed by atoms with Gasteiger partial charge in [-0.15, -0.1) is 0 Å². The van der Waals surface area contributed by atoms with Crippen LogP contribution in [-0.2, 0) is 38.1 Å². The minimum Gasteiger partial charge on any atom is -0.394 e. The molecule has 3 amide bonds. The van der Waals surface area contributed by atoms with Crippen molar-refractivity contribution in [1.82, 2.24) is 16.0 Å². The second kappa shape index (κ2) is 15.3. The van der Waals surface area contributed by atoms with Crippen LogP contribution in [0, 0.1) is 0 Å². The van der Waals surface area contributed by atoms with Gasteiger partial charge in [0.05, 0.1) is 32.0 Å². The van der Waals surface area contributed by atoms with Gasteiger partial charge in [0.1, 0.15) is 67.0 Å². The van der Waals surface area contributed by atoms with Crippen molar-refractivity contribution in [3.05, 3.63) is 0 Å². The Hall–Kier alpha value is -2.07. The normalized spacial score (nSPS) is 43.5. The van der Waals surface area contributed by atoms with E-state index in [0.717, 1.165) is 6.92 Å². The van der Waals surface area contributed by atoms with Gasteiger partial charge in [0, 0.05) is 20.8 Å². The highest BCUT2D eigenvalue weighted by Gasteiger charge is 2.52. The highest BCUT2D eigenvalue weighted by atomic mass is 16.7. The van der Waals surface area contributed by atoms with Crippen LogP contribution in [0.5, 0.6) is 0 Å². The molecular formula is C25H43N3O15. The summed E-state index contributed by atoms with van der Waals surface area (Å²) in [5, 5.41) is 79.8. The van der Waals surface area contributed by atoms with Crippen molar-refractivity contribution in [1.29, 1.82) is 0 Å². The van der Waals surface area contributed by atoms with Crippen LogP contribution in [0.2, 0.25) is 0 Å². The fraction of sp³-hybridized carbons (Fsp3) is 0.880. The van der Waals surface area contributed by atoms with Gasteiger partial charge in [-0.05, 0) is 6.92 Å². The first-order chi connectivity index (χ1) is 20.2. The summed E-state index contributed by atoms with van der Waals surface area (Å²) in [6.07, 6.45) is -16.8. The van der Waals surface area contributed by atoms with Gasteiger partial charge < -0.3 is 75.4 Å². The topological polar surface area (TPSA) is 275 Å². The third-order valence-corrected chi connectivity index (χ3v) is 7.55. The molecule has 18 nitrogen and oxygen atoms in total. The van der Waals surface area contributed by atoms with Gasteiger partial charge in [-0.1, -0.05) is 0 Å². The highest BCUT2D eigenvalue weighted by molar-refractivity contribution is 5.74. The summed E-state index contributed by atoms with van der Waals surface area (Å²) in [5.74, 6) is -1.67. The van der Waals surface area contributed by atoms with Crippen molar-refractivity contribution in [3.8, 4) is 0 Å². The zero-order chi connectivity index (χ0) is 32.2. The smallest absolute Gasteiger partial charge is 0.217 e. The number of nitrogens with one attached hydrogen (secondary N) is 3. The van der Waals surface area contributed by atoms with Crippen LogP contribution in [0.25, 0.3) is 0 Å². The number of ether oxygens (including phenoxy) is 5. The molecule has 0 aromatic rings. The average molecular weight is 626 g/mol. The Bertz CT molecular complexity index is 961. The summed E-state index contributed by atoms with van der Waals surface area (Å²) in [5.41, 5.74) is 0. The van der Waals surface area contributed by atoms with Crippen molar-refractivity contribution in [2.24, 2.45) is 0 Å². The zero-order valence-corrected chi connectivity index (χ0v) is 24.2. The SMILES string of the molecule is CC(=O)NC1[C@H](OCC2OC(C)C(NC(C)=O)[C@@H](O[C@@H]3OC(CO)[C@@H](O)[C@H](O)C3NC(C)=O)[C@H]2O)OC(CO)[C@@H](O)[C@@H]1O. The highest BCUT2D eigenvalue weighted by Crippen LogP contribution is 2.30. The molecule has 0 radical (unpaired) electrons. The van der Waals surface area contributed by atoms with Crippen LogP contribution in [0.3, 0.4) is 0 Å². The maximum absolute atomic E-state index is 12.0. The molecule has 0 bridgehead atoms. The van der Waals surface area contributed by atoms with Gasteiger partial charge in [-0.2, -0.15) is 0 Å². The Morgan fingerprint density at radius 1 is 0.628 bits per heavy atom. The van der Waals surface area contributed by atoms with Crippen LogP contribution in [0.1, 0.15) is 27.7 Å². The lowest BCUT2D eigenvalue weighted by atomic mass is 9.92. The van der Waals surface area contributed by atoms with E-state index in [-0.39, 0.29) is 0 Å². The summed E-state index contributed by atoms with van der Waals surface area (Å²) in [6, 6.07) is -3.61. The Balaban J connectivity index is 1.84. The predicted molar refractivity (Wildman–Crippen MR) is 140 cm³/mol. The molecule has 0 aromatic heterocycles. The molecule has 3 aliphatic rings. The molecule has 3 fully saturated rings. The monoisotopic (exact) mass is 625 g/mol. The van der Waals surface area contributed by atoms with Crippen molar-refractivity contribution in [2.45, 2.75) is 119 Å². The molecule has 43 heavy (non-hydrogen) atoms. The predicted octanol–water partition coefficient (Wildman–Crippen LogP) is -6.07. The summed E-state index contributed by atoms with van der Waals surface area (Å²) < 4.78 is 28.9. The molecule has 3 rings (SSSR count). The van der Waals surface area contributed by atoms with Crippen LogP contribution in [0.4, 0.5) is 0 Å². The lowest BCUT2D eigenvalue weighted by Gasteiger charge is -2.48. The van der Waals surface area contributed by atoms with E-state index in [1.807, 2.05) is 0 Å². The standard InChI is InChI=1S/C25H43N3O15/c1-8-15(26-9(2)31)23(43-25-17(28-11(4)33)22(38)19(35)13(6-30)42-25)20(36)14(40-8)7-39-24-16(27-10(3)32)21(37)18(34)12(5-29)41-24/h8,12-25,29-30,34-38H,5-7H2,1-4H3,(H,26,31)(H,27,32)(H,28,33)/t8?,12?,13?,14?,15?,16?,17?,18-,19-,20+,21-,22-,23-,24-,25+/m1/s1. The summed E-state index contributed by atoms with van der Waals surface area (Å²) in [4.78, 5) is 35.6. The second-order valence-corrected chi connectivity index (χ2v) is 10.9. The molecule has 0 aromatic carbocycles. The quantitative estimate of drug-likeness (QED) is 0.108. The van der Waals surface area contributed by atoms with Crippen LogP contribution < -0.4 is 16.0 Å². The molecule has 15 atom stereocenters. The van der Waals surface area contributed by atoms with Gasteiger partial charge in [-0.25, -0.2) is 0 Å². The maximum atomic E-state index is 12.0. The molecule has 3 saturated heterocycles. The Morgan fingerprint density at radius 2 is 1.07 bits per heavy atom. The van der Waals surface area contributed by atoms with E-state index in [2.05, 4.69) is 16.0 Å². The van der Waals surface area contributed by atoms with Gasteiger partial charge in [0.15, 0.2) is 12.6 Å². The summed E-state index contributed by atoms with van der Waals surface area (Å²) in [7, 11) is 0. The lowest BCUT2D eigenvalue weighted by Crippen LogP contribution is -2.69. The number of aliphatic hydroxyl groups is 7. The van der Waals surface area contributed by atoms with Crippen molar-refractivity contribution in [3.63, 3.8) is 0 Å². The Labute approximate surface area is 247 Å². The molecule has 3 heterocycles. The van der Waals surface area contributed by atoms with Crippen LogP contribution in [0.15, 0.2) is 0 Å². The largest absolute Gasteiger partial charge is 0.394 e. The summed E-state index contributed by atoms with van der Waals surface area (Å²) in [6.45, 7) is 3.29. The first-order valence-corrected chi connectivity index (χ1v) is 13.9. The van der Waals surface area contributed by atoms with Gasteiger partial charge in [0.2, 0.25) is 17.7 Å². The Kier molecular flexibility index (Phi) is 12.6. The maximum Gasteiger partial charge on any atom is 0.217 e. The Morgan fingerprint density at radius 3 is 1.53 bits per heavy atom. The fourth-order valence-corrected chi connectivity index (χ4v) is 5.41. The van der Waals surface area contributed by atoms with Crippen LogP contribution in [-0.4, -0.2) is 165 Å². The van der Waals surface area contributed by atoms with Crippen molar-refractivity contribution >= 4 is 17.7 Å². The number of hydrogen-bond acceptors (Lipinski definition) is 15. The minimum absolute atomic E-state index is 0.443. The molecule has 0 spiro atoms. The lowest BCUT2D eigenvalue weighted by molar-refractivity contribution is -0.315. The van der Waals surface area contributed by atoms with Gasteiger partial charge >= 0.3 is 0 Å². The van der Waals surface area contributed by atoms with E-state index in [0.29, 0.717) is 0 Å². The van der Waals surface area contributed by atoms with E-state index in [1.54, 1.807) is 6.92 Å². The van der Waals surface area contributed by atoms with E-state index < -0.39 is 129 Å². The number of aliphatic hydroxyl groups excluding tert-OH is 7. The van der Waals surface area contributed by atoms with E-state index in [9.17, 15) is 50.1 Å². The summed E-state index contributed by atoms with van der Waals surface area (Å²) >= 11 is 0. The molecule has 248 valence electrons. The molecule has 18 heteroatoms. The minimum atomic E-state index is -1.64. The van der Waals surface area contributed by atoms with Crippen molar-refractivity contribution in [2.75, 3.05) is 19.8 Å². The van der Waals surface area contributed by atoms with Gasteiger partial charge in [-0.3, -0.25) is 14.4 Å². The molecule has 0 aliphatic carbocycles. The first kappa shape index (κ1) is 35.4. The van der Waals surface area contributed by atoms with Crippen molar-refractivity contribution < 1.29 is 73.8 Å².